The maximum atomic E-state index is 11.7. The van der Waals surface area contributed by atoms with Crippen molar-refractivity contribution in [2.45, 2.75) is 30.9 Å². The molecular weight excluding hydrogens is 230 g/mol. The van der Waals surface area contributed by atoms with Gasteiger partial charge in [0.2, 0.25) is 0 Å². The van der Waals surface area contributed by atoms with E-state index in [1.807, 2.05) is 0 Å². The first kappa shape index (κ1) is 11.3. The summed E-state index contributed by atoms with van der Waals surface area (Å²) in [7, 11) is -3.01. The minimum atomic E-state index is -3.01. The molecule has 1 unspecified atom stereocenters. The minimum Gasteiger partial charge on any atom is -0.438 e. The summed E-state index contributed by atoms with van der Waals surface area (Å²) < 4.78 is 28.5. The maximum absolute atomic E-state index is 11.7. The van der Waals surface area contributed by atoms with Crippen LogP contribution in [0.25, 0.3) is 0 Å². The molecule has 5 nitrogen and oxygen atoms in total. The van der Waals surface area contributed by atoms with Crippen LogP contribution in [0.1, 0.15) is 35.7 Å². The molecule has 1 aromatic heterocycles. The van der Waals surface area contributed by atoms with Gasteiger partial charge in [-0.25, -0.2) is 13.4 Å². The molecule has 88 valence electrons. The zero-order valence-electron chi connectivity index (χ0n) is 8.76. The van der Waals surface area contributed by atoms with Gasteiger partial charge in [0.25, 0.3) is 0 Å². The van der Waals surface area contributed by atoms with E-state index < -0.39 is 15.1 Å². The van der Waals surface area contributed by atoms with E-state index in [0.29, 0.717) is 18.6 Å². The number of nitrogens with zero attached hydrogens (tertiary/aromatic N) is 1. The molecule has 0 aromatic carbocycles. The van der Waals surface area contributed by atoms with Gasteiger partial charge in [-0.3, -0.25) is 4.79 Å². The molecule has 1 aliphatic heterocycles. The molecule has 0 radical (unpaired) electrons. The Morgan fingerprint density at radius 2 is 2.31 bits per heavy atom. The van der Waals surface area contributed by atoms with Gasteiger partial charge in [0.1, 0.15) is 0 Å². The van der Waals surface area contributed by atoms with Crippen LogP contribution in [0.4, 0.5) is 0 Å². The summed E-state index contributed by atoms with van der Waals surface area (Å²) in [5, 5.41) is -0.403. The fraction of sp³-hybridized carbons (Fsp3) is 0.600. The monoisotopic (exact) mass is 243 g/mol. The Labute approximate surface area is 93.8 Å². The summed E-state index contributed by atoms with van der Waals surface area (Å²) in [5.41, 5.74) is 0. The fourth-order valence-corrected chi connectivity index (χ4v) is 3.78. The van der Waals surface area contributed by atoms with Gasteiger partial charge >= 0.3 is 0 Å². The summed E-state index contributed by atoms with van der Waals surface area (Å²) in [6, 6.07) is 0. The van der Waals surface area contributed by atoms with Crippen molar-refractivity contribution < 1.29 is 17.6 Å². The van der Waals surface area contributed by atoms with E-state index in [2.05, 4.69) is 4.98 Å². The molecule has 2 rings (SSSR count). The Balaban J connectivity index is 2.11. The number of sulfone groups is 1. The molecule has 6 heteroatoms. The SMILES string of the molecule is O=Cc1cnc(CC2CCCCS2(=O)=O)o1. The third-order valence-corrected chi connectivity index (χ3v) is 5.08. The van der Waals surface area contributed by atoms with E-state index in [0.717, 1.165) is 12.8 Å². The fourth-order valence-electron chi connectivity index (χ4n) is 1.92. The smallest absolute Gasteiger partial charge is 0.196 e. The Bertz CT molecular complexity index is 477. The third kappa shape index (κ3) is 2.32. The lowest BCUT2D eigenvalue weighted by Crippen LogP contribution is -2.30. The van der Waals surface area contributed by atoms with Crippen LogP contribution in [0.15, 0.2) is 10.6 Å². The number of hydrogen-bond donors (Lipinski definition) is 0. The van der Waals surface area contributed by atoms with Crippen molar-refractivity contribution in [2.24, 2.45) is 0 Å². The standard InChI is InChI=1S/C10H13NO4S/c12-7-8-6-11-10(15-8)5-9-3-1-2-4-16(9,13)14/h6-7,9H,1-5H2. The topological polar surface area (TPSA) is 77.2 Å². The van der Waals surface area contributed by atoms with E-state index in [-0.39, 0.29) is 17.9 Å². The lowest BCUT2D eigenvalue weighted by atomic mass is 10.1. The van der Waals surface area contributed by atoms with Gasteiger partial charge < -0.3 is 4.42 Å². The van der Waals surface area contributed by atoms with Gasteiger partial charge in [-0.2, -0.15) is 0 Å². The number of carbonyl (C=O) groups excluding carboxylic acids is 1. The first-order valence-corrected chi connectivity index (χ1v) is 6.95. The van der Waals surface area contributed by atoms with E-state index in [9.17, 15) is 13.2 Å². The van der Waals surface area contributed by atoms with Crippen molar-refractivity contribution in [1.29, 1.82) is 0 Å². The molecule has 0 bridgehead atoms. The molecule has 0 spiro atoms. The lowest BCUT2D eigenvalue weighted by Gasteiger charge is -2.20. The summed E-state index contributed by atoms with van der Waals surface area (Å²) in [6.07, 6.45) is 4.47. The quantitative estimate of drug-likeness (QED) is 0.740. The maximum Gasteiger partial charge on any atom is 0.196 e. The highest BCUT2D eigenvalue weighted by Gasteiger charge is 2.30. The number of rotatable bonds is 3. The Hall–Kier alpha value is -1.17. The predicted molar refractivity (Wildman–Crippen MR) is 57.0 cm³/mol. The first-order chi connectivity index (χ1) is 7.62. The number of oxazole rings is 1. The molecule has 0 aliphatic carbocycles. The second-order valence-corrected chi connectivity index (χ2v) is 6.36. The van der Waals surface area contributed by atoms with Crippen LogP contribution in [0.2, 0.25) is 0 Å². The molecule has 1 atom stereocenters. The molecule has 2 heterocycles. The number of aldehydes is 1. The molecule has 0 N–H and O–H groups in total. The van der Waals surface area contributed by atoms with Gasteiger partial charge in [0.15, 0.2) is 27.8 Å². The molecular formula is C10H13NO4S. The highest BCUT2D eigenvalue weighted by Crippen LogP contribution is 2.22. The highest BCUT2D eigenvalue weighted by molar-refractivity contribution is 7.92. The second-order valence-electron chi connectivity index (χ2n) is 3.96. The predicted octanol–water partition coefficient (Wildman–Crippen LogP) is 0.997. The average molecular weight is 243 g/mol. The average Bonchev–Trinajstić information content (AvgIpc) is 2.69. The highest BCUT2D eigenvalue weighted by atomic mass is 32.2. The molecule has 1 fully saturated rings. The summed E-state index contributed by atoms with van der Waals surface area (Å²) in [5.74, 6) is 0.722. The van der Waals surface area contributed by atoms with Crippen molar-refractivity contribution in [2.75, 3.05) is 5.75 Å². The second kappa shape index (κ2) is 4.37. The van der Waals surface area contributed by atoms with Gasteiger partial charge in [0, 0.05) is 6.42 Å². The molecule has 0 saturated carbocycles. The lowest BCUT2D eigenvalue weighted by molar-refractivity contribution is 0.109. The first-order valence-electron chi connectivity index (χ1n) is 5.23. The van der Waals surface area contributed by atoms with Crippen LogP contribution in [-0.4, -0.2) is 30.7 Å². The van der Waals surface area contributed by atoms with Crippen LogP contribution in [0.3, 0.4) is 0 Å². The van der Waals surface area contributed by atoms with Crippen LogP contribution in [-0.2, 0) is 16.3 Å². The number of aromatic nitrogens is 1. The summed E-state index contributed by atoms with van der Waals surface area (Å²) >= 11 is 0. The molecule has 1 aromatic rings. The van der Waals surface area contributed by atoms with Gasteiger partial charge in [-0.1, -0.05) is 6.42 Å². The van der Waals surface area contributed by atoms with E-state index in [4.69, 9.17) is 4.42 Å². The van der Waals surface area contributed by atoms with Crippen molar-refractivity contribution in [3.63, 3.8) is 0 Å². The normalized spacial score (nSPS) is 24.1. The van der Waals surface area contributed by atoms with Crippen molar-refractivity contribution in [3.8, 4) is 0 Å². The van der Waals surface area contributed by atoms with Crippen LogP contribution >= 0.6 is 0 Å². The Morgan fingerprint density at radius 1 is 1.50 bits per heavy atom. The van der Waals surface area contributed by atoms with Crippen LogP contribution in [0.5, 0.6) is 0 Å². The van der Waals surface area contributed by atoms with Crippen LogP contribution in [0, 0.1) is 0 Å². The Morgan fingerprint density at radius 3 is 2.94 bits per heavy atom. The largest absolute Gasteiger partial charge is 0.438 e. The third-order valence-electron chi connectivity index (χ3n) is 2.80. The molecule has 0 amide bonds. The summed E-state index contributed by atoms with van der Waals surface area (Å²) in [4.78, 5) is 14.3. The number of carbonyl (C=O) groups is 1. The molecule has 1 saturated heterocycles. The van der Waals surface area contributed by atoms with Crippen molar-refractivity contribution in [1.82, 2.24) is 4.98 Å². The zero-order chi connectivity index (χ0) is 11.6. The van der Waals surface area contributed by atoms with E-state index >= 15 is 0 Å². The molecule has 16 heavy (non-hydrogen) atoms. The van der Waals surface area contributed by atoms with E-state index in [1.165, 1.54) is 6.20 Å². The van der Waals surface area contributed by atoms with Crippen molar-refractivity contribution in [3.05, 3.63) is 17.8 Å². The zero-order valence-corrected chi connectivity index (χ0v) is 9.57. The van der Waals surface area contributed by atoms with Gasteiger partial charge in [0.05, 0.1) is 17.2 Å². The number of hydrogen-bond acceptors (Lipinski definition) is 5. The minimum absolute atomic E-state index is 0.142. The van der Waals surface area contributed by atoms with Crippen LogP contribution < -0.4 is 0 Å². The van der Waals surface area contributed by atoms with Crippen molar-refractivity contribution >= 4 is 16.1 Å². The van der Waals surface area contributed by atoms with E-state index in [1.54, 1.807) is 0 Å². The van der Waals surface area contributed by atoms with Gasteiger partial charge in [-0.15, -0.1) is 0 Å². The summed E-state index contributed by atoms with van der Waals surface area (Å²) in [6.45, 7) is 0. The Kier molecular flexibility index (Phi) is 3.09. The van der Waals surface area contributed by atoms with Gasteiger partial charge in [-0.05, 0) is 12.8 Å². The molecule has 1 aliphatic rings.